The first-order valence-corrected chi connectivity index (χ1v) is 6.07. The lowest BCUT2D eigenvalue weighted by Crippen LogP contribution is -2.44. The predicted molar refractivity (Wildman–Crippen MR) is 70.6 cm³/mol. The molecule has 3 N–H and O–H groups in total. The van der Waals surface area contributed by atoms with Crippen LogP contribution in [0.5, 0.6) is 0 Å². The van der Waals surface area contributed by atoms with Crippen molar-refractivity contribution in [3.63, 3.8) is 0 Å². The third kappa shape index (κ3) is 4.79. The van der Waals surface area contributed by atoms with E-state index in [2.05, 4.69) is 11.9 Å². The molecule has 0 radical (unpaired) electrons. The molecule has 0 aliphatic rings. The number of nitrogens with two attached hydrogens (primary N) is 1. The number of allylic oxidation sites excluding steroid dienone is 1. The van der Waals surface area contributed by atoms with Crippen molar-refractivity contribution >= 4 is 11.8 Å². The highest BCUT2D eigenvalue weighted by Crippen LogP contribution is 2.10. The SMILES string of the molecule is C=CCC[C@@H](NC(=O)Cc1ccc(F)cc1F)C(N)=O. The zero-order chi connectivity index (χ0) is 15.1. The number of halogens is 2. The Hall–Kier alpha value is -2.24. The molecule has 0 aromatic heterocycles. The van der Waals surface area contributed by atoms with Crippen molar-refractivity contribution in [2.24, 2.45) is 5.73 Å². The minimum atomic E-state index is -0.830. The van der Waals surface area contributed by atoms with Crippen molar-refractivity contribution in [2.75, 3.05) is 0 Å². The van der Waals surface area contributed by atoms with E-state index in [1.54, 1.807) is 6.08 Å². The molecule has 0 aliphatic carbocycles. The van der Waals surface area contributed by atoms with E-state index >= 15 is 0 Å². The largest absolute Gasteiger partial charge is 0.368 e. The van der Waals surface area contributed by atoms with E-state index in [9.17, 15) is 18.4 Å². The van der Waals surface area contributed by atoms with Gasteiger partial charge in [0.05, 0.1) is 6.42 Å². The Morgan fingerprint density at radius 2 is 2.10 bits per heavy atom. The van der Waals surface area contributed by atoms with Crippen molar-refractivity contribution in [1.29, 1.82) is 0 Å². The molecule has 1 rings (SSSR count). The molecule has 1 aromatic carbocycles. The van der Waals surface area contributed by atoms with Gasteiger partial charge in [-0.1, -0.05) is 12.1 Å². The van der Waals surface area contributed by atoms with Crippen LogP contribution in [0.15, 0.2) is 30.9 Å². The van der Waals surface area contributed by atoms with Crippen LogP contribution < -0.4 is 11.1 Å². The lowest BCUT2D eigenvalue weighted by Gasteiger charge is -2.14. The molecule has 0 fully saturated rings. The van der Waals surface area contributed by atoms with Crippen LogP contribution in [-0.2, 0) is 16.0 Å². The van der Waals surface area contributed by atoms with Crippen LogP contribution >= 0.6 is 0 Å². The number of hydrogen-bond donors (Lipinski definition) is 2. The standard InChI is InChI=1S/C14H16F2N2O2/c1-2-3-4-12(14(17)20)18-13(19)7-9-5-6-10(15)8-11(9)16/h2,5-6,8,12H,1,3-4,7H2,(H2,17,20)(H,18,19)/t12-/m1/s1. The average molecular weight is 282 g/mol. The Labute approximate surface area is 115 Å². The van der Waals surface area contributed by atoms with Crippen molar-refractivity contribution in [3.05, 3.63) is 48.1 Å². The first-order chi connectivity index (χ1) is 9.43. The van der Waals surface area contributed by atoms with E-state index in [0.717, 1.165) is 6.07 Å². The third-order valence-electron chi connectivity index (χ3n) is 2.70. The summed E-state index contributed by atoms with van der Waals surface area (Å²) in [5.74, 6) is -2.74. The van der Waals surface area contributed by atoms with Gasteiger partial charge < -0.3 is 11.1 Å². The van der Waals surface area contributed by atoms with Gasteiger partial charge in [-0.25, -0.2) is 8.78 Å². The second-order valence-electron chi connectivity index (χ2n) is 4.30. The second-order valence-corrected chi connectivity index (χ2v) is 4.30. The fraction of sp³-hybridized carbons (Fsp3) is 0.286. The van der Waals surface area contributed by atoms with Gasteiger partial charge in [0.2, 0.25) is 11.8 Å². The van der Waals surface area contributed by atoms with Crippen LogP contribution in [0.4, 0.5) is 8.78 Å². The number of benzene rings is 1. The molecule has 0 saturated carbocycles. The van der Waals surface area contributed by atoms with Gasteiger partial charge >= 0.3 is 0 Å². The van der Waals surface area contributed by atoms with Gasteiger partial charge in [-0.3, -0.25) is 9.59 Å². The normalized spacial score (nSPS) is 11.7. The van der Waals surface area contributed by atoms with Crippen LogP contribution in [0.1, 0.15) is 18.4 Å². The summed E-state index contributed by atoms with van der Waals surface area (Å²) in [5.41, 5.74) is 5.21. The maximum absolute atomic E-state index is 13.4. The van der Waals surface area contributed by atoms with E-state index in [-0.39, 0.29) is 12.0 Å². The average Bonchev–Trinajstić information content (AvgIpc) is 2.37. The molecule has 0 aliphatic heterocycles. The third-order valence-corrected chi connectivity index (χ3v) is 2.70. The van der Waals surface area contributed by atoms with Crippen molar-refractivity contribution in [2.45, 2.75) is 25.3 Å². The summed E-state index contributed by atoms with van der Waals surface area (Å²) >= 11 is 0. The predicted octanol–water partition coefficient (Wildman–Crippen LogP) is 1.44. The van der Waals surface area contributed by atoms with Gasteiger partial charge in [0.1, 0.15) is 17.7 Å². The summed E-state index contributed by atoms with van der Waals surface area (Å²) in [6.07, 6.45) is 2.15. The topological polar surface area (TPSA) is 72.2 Å². The Kier molecular flexibility index (Phi) is 5.83. The summed E-state index contributed by atoms with van der Waals surface area (Å²) in [7, 11) is 0. The highest BCUT2D eigenvalue weighted by Gasteiger charge is 2.18. The Balaban J connectivity index is 2.65. The Morgan fingerprint density at radius 3 is 2.65 bits per heavy atom. The molecule has 0 saturated heterocycles. The van der Waals surface area contributed by atoms with Crippen molar-refractivity contribution in [1.82, 2.24) is 5.32 Å². The Bertz CT molecular complexity index is 518. The maximum Gasteiger partial charge on any atom is 0.240 e. The summed E-state index contributed by atoms with van der Waals surface area (Å²) in [6, 6.07) is 2.12. The first-order valence-electron chi connectivity index (χ1n) is 6.07. The minimum absolute atomic E-state index is 0.0517. The number of carbonyl (C=O) groups excluding carboxylic acids is 2. The van der Waals surface area contributed by atoms with Gasteiger partial charge in [0.15, 0.2) is 0 Å². The number of nitrogens with one attached hydrogen (secondary N) is 1. The first kappa shape index (κ1) is 15.8. The molecule has 0 spiro atoms. The summed E-state index contributed by atoms with van der Waals surface area (Å²) in [5, 5.41) is 2.42. The highest BCUT2D eigenvalue weighted by molar-refractivity contribution is 5.87. The fourth-order valence-corrected chi connectivity index (χ4v) is 1.65. The monoisotopic (exact) mass is 282 g/mol. The van der Waals surface area contributed by atoms with E-state index < -0.39 is 29.5 Å². The molecule has 2 amide bonds. The highest BCUT2D eigenvalue weighted by atomic mass is 19.1. The Morgan fingerprint density at radius 1 is 1.40 bits per heavy atom. The number of hydrogen-bond acceptors (Lipinski definition) is 2. The molecule has 108 valence electrons. The molecule has 6 heteroatoms. The number of amides is 2. The van der Waals surface area contributed by atoms with Crippen LogP contribution in [0.2, 0.25) is 0 Å². The summed E-state index contributed by atoms with van der Waals surface area (Å²) in [6.45, 7) is 3.51. The number of rotatable bonds is 7. The van der Waals surface area contributed by atoms with E-state index in [1.807, 2.05) is 0 Å². The maximum atomic E-state index is 13.4. The van der Waals surface area contributed by atoms with Gasteiger partial charge in [-0.15, -0.1) is 6.58 Å². The van der Waals surface area contributed by atoms with Crippen molar-refractivity contribution < 1.29 is 18.4 Å². The molecule has 0 bridgehead atoms. The number of primary amides is 1. The smallest absolute Gasteiger partial charge is 0.240 e. The lowest BCUT2D eigenvalue weighted by molar-refractivity contribution is -0.127. The molecule has 0 unspecified atom stereocenters. The van der Waals surface area contributed by atoms with Gasteiger partial charge in [0.25, 0.3) is 0 Å². The van der Waals surface area contributed by atoms with E-state index in [1.165, 1.54) is 6.07 Å². The van der Waals surface area contributed by atoms with Crippen LogP contribution in [0.3, 0.4) is 0 Å². The molecule has 0 heterocycles. The zero-order valence-electron chi connectivity index (χ0n) is 10.9. The van der Waals surface area contributed by atoms with Gasteiger partial charge in [-0.2, -0.15) is 0 Å². The van der Waals surface area contributed by atoms with Gasteiger partial charge in [0, 0.05) is 6.07 Å². The molecule has 1 aromatic rings. The summed E-state index contributed by atoms with van der Waals surface area (Å²) in [4.78, 5) is 22.9. The van der Waals surface area contributed by atoms with Crippen molar-refractivity contribution in [3.8, 4) is 0 Å². The second kappa shape index (κ2) is 7.37. The van der Waals surface area contributed by atoms with Crippen LogP contribution in [0.25, 0.3) is 0 Å². The molecule has 1 atom stereocenters. The summed E-state index contributed by atoms with van der Waals surface area (Å²) < 4.78 is 26.1. The minimum Gasteiger partial charge on any atom is -0.368 e. The lowest BCUT2D eigenvalue weighted by atomic mass is 10.1. The molecule has 20 heavy (non-hydrogen) atoms. The fourth-order valence-electron chi connectivity index (χ4n) is 1.65. The molecule has 4 nitrogen and oxygen atoms in total. The molecular weight excluding hydrogens is 266 g/mol. The van der Waals surface area contributed by atoms with Crippen LogP contribution in [0, 0.1) is 11.6 Å². The quantitative estimate of drug-likeness (QED) is 0.743. The zero-order valence-corrected chi connectivity index (χ0v) is 10.9. The van der Waals surface area contributed by atoms with Crippen LogP contribution in [-0.4, -0.2) is 17.9 Å². The molecular formula is C14H16F2N2O2. The van der Waals surface area contributed by atoms with E-state index in [0.29, 0.717) is 18.9 Å². The van der Waals surface area contributed by atoms with Gasteiger partial charge in [-0.05, 0) is 24.5 Å². The number of carbonyl (C=O) groups is 2. The van der Waals surface area contributed by atoms with E-state index in [4.69, 9.17) is 5.73 Å².